The van der Waals surface area contributed by atoms with Gasteiger partial charge in [0.25, 0.3) is 5.91 Å². The van der Waals surface area contributed by atoms with E-state index in [1.165, 1.54) is 0 Å². The summed E-state index contributed by atoms with van der Waals surface area (Å²) in [6.07, 6.45) is 1.82. The highest BCUT2D eigenvalue weighted by Gasteiger charge is 2.09. The summed E-state index contributed by atoms with van der Waals surface area (Å²) in [4.78, 5) is 26.7. The summed E-state index contributed by atoms with van der Waals surface area (Å²) in [6, 6.07) is 14.0. The molecule has 0 bridgehead atoms. The van der Waals surface area contributed by atoms with Crippen molar-refractivity contribution in [1.29, 1.82) is 0 Å². The maximum atomic E-state index is 12.0. The van der Waals surface area contributed by atoms with Gasteiger partial charge in [-0.25, -0.2) is 4.79 Å². The van der Waals surface area contributed by atoms with Crippen molar-refractivity contribution in [3.63, 3.8) is 0 Å². The number of H-pyrrole nitrogens is 1. The number of rotatable bonds is 6. The Bertz CT molecular complexity index is 884. The van der Waals surface area contributed by atoms with E-state index < -0.39 is 0 Å². The van der Waals surface area contributed by atoms with Crippen LogP contribution in [0.1, 0.15) is 17.3 Å². The fraction of sp³-hybridized carbons (Fsp3) is 0.158. The lowest BCUT2D eigenvalue weighted by molar-refractivity contribution is -0.118. The molecule has 25 heavy (non-hydrogen) atoms. The number of aromatic nitrogens is 1. The van der Waals surface area contributed by atoms with Crippen LogP contribution in [0.25, 0.3) is 10.9 Å². The summed E-state index contributed by atoms with van der Waals surface area (Å²) in [5.41, 5.74) is 1.98. The number of hydrogen-bond donors (Lipinski definition) is 2. The van der Waals surface area contributed by atoms with E-state index in [9.17, 15) is 9.59 Å². The van der Waals surface area contributed by atoms with Crippen LogP contribution in [0.15, 0.2) is 54.7 Å². The van der Waals surface area contributed by atoms with Crippen molar-refractivity contribution in [1.82, 2.24) is 4.98 Å². The monoisotopic (exact) mass is 338 g/mol. The number of ether oxygens (including phenoxy) is 2. The van der Waals surface area contributed by atoms with Crippen molar-refractivity contribution >= 4 is 28.5 Å². The third-order valence-electron chi connectivity index (χ3n) is 3.59. The standard InChI is InChI=1S/C19H18N2O4/c1-2-24-19(23)13-6-8-14(9-7-13)21-18(22)12-25-17-5-3-4-16-15(17)10-11-20-16/h3-11,20H,2,12H2,1H3,(H,21,22). The van der Waals surface area contributed by atoms with Crippen molar-refractivity contribution in [2.75, 3.05) is 18.5 Å². The summed E-state index contributed by atoms with van der Waals surface area (Å²) in [5, 5.41) is 3.65. The smallest absolute Gasteiger partial charge is 0.338 e. The molecular weight excluding hydrogens is 320 g/mol. The van der Waals surface area contributed by atoms with Crippen molar-refractivity contribution in [2.24, 2.45) is 0 Å². The molecule has 0 aliphatic rings. The first-order valence-corrected chi connectivity index (χ1v) is 7.93. The first-order chi connectivity index (χ1) is 12.2. The fourth-order valence-corrected chi connectivity index (χ4v) is 2.43. The average Bonchev–Trinajstić information content (AvgIpc) is 3.10. The van der Waals surface area contributed by atoms with Crippen LogP contribution in [0.4, 0.5) is 5.69 Å². The van der Waals surface area contributed by atoms with Gasteiger partial charge >= 0.3 is 5.97 Å². The zero-order valence-electron chi connectivity index (χ0n) is 13.7. The molecule has 0 aliphatic carbocycles. The normalized spacial score (nSPS) is 10.4. The van der Waals surface area contributed by atoms with Crippen LogP contribution < -0.4 is 10.1 Å². The van der Waals surface area contributed by atoms with Crippen LogP contribution in [-0.4, -0.2) is 30.1 Å². The number of esters is 1. The van der Waals surface area contributed by atoms with Crippen molar-refractivity contribution in [2.45, 2.75) is 6.92 Å². The van der Waals surface area contributed by atoms with E-state index in [2.05, 4.69) is 10.3 Å². The molecule has 0 aliphatic heterocycles. The SMILES string of the molecule is CCOC(=O)c1ccc(NC(=O)COc2cccc3[nH]ccc23)cc1. The number of hydrogen-bond acceptors (Lipinski definition) is 4. The average molecular weight is 338 g/mol. The number of carbonyl (C=O) groups excluding carboxylic acids is 2. The summed E-state index contributed by atoms with van der Waals surface area (Å²) in [6.45, 7) is 1.97. The second-order valence-corrected chi connectivity index (χ2v) is 5.33. The minimum Gasteiger partial charge on any atom is -0.483 e. The van der Waals surface area contributed by atoms with Gasteiger partial charge < -0.3 is 19.8 Å². The Kier molecular flexibility index (Phi) is 4.99. The third kappa shape index (κ3) is 3.98. The molecule has 0 unspecified atom stereocenters. The molecule has 0 radical (unpaired) electrons. The van der Waals surface area contributed by atoms with Crippen molar-refractivity contribution < 1.29 is 19.1 Å². The number of benzene rings is 2. The Morgan fingerprint density at radius 2 is 1.88 bits per heavy atom. The molecule has 2 N–H and O–H groups in total. The molecule has 0 saturated carbocycles. The lowest BCUT2D eigenvalue weighted by Crippen LogP contribution is -2.20. The van der Waals surface area contributed by atoms with Gasteiger partial charge in [0.15, 0.2) is 6.61 Å². The molecular formula is C19H18N2O4. The van der Waals surface area contributed by atoms with E-state index in [0.717, 1.165) is 10.9 Å². The molecule has 3 rings (SSSR count). The molecule has 0 spiro atoms. The van der Waals surface area contributed by atoms with Gasteiger partial charge in [-0.1, -0.05) is 6.07 Å². The van der Waals surface area contributed by atoms with E-state index >= 15 is 0 Å². The molecule has 128 valence electrons. The molecule has 6 nitrogen and oxygen atoms in total. The minimum atomic E-state index is -0.386. The van der Waals surface area contributed by atoms with Crippen molar-refractivity contribution in [3.05, 3.63) is 60.3 Å². The van der Waals surface area contributed by atoms with E-state index in [-0.39, 0.29) is 18.5 Å². The fourth-order valence-electron chi connectivity index (χ4n) is 2.43. The van der Waals surface area contributed by atoms with Gasteiger partial charge in [-0.3, -0.25) is 4.79 Å². The van der Waals surface area contributed by atoms with E-state index in [1.807, 2.05) is 30.5 Å². The molecule has 1 heterocycles. The number of anilines is 1. The zero-order chi connectivity index (χ0) is 17.6. The maximum Gasteiger partial charge on any atom is 0.338 e. The van der Waals surface area contributed by atoms with Gasteiger partial charge in [0.2, 0.25) is 0 Å². The summed E-state index contributed by atoms with van der Waals surface area (Å²) >= 11 is 0. The molecule has 0 fully saturated rings. The van der Waals surface area contributed by atoms with Crippen molar-refractivity contribution in [3.8, 4) is 5.75 Å². The molecule has 1 aromatic heterocycles. The number of carbonyl (C=O) groups is 2. The molecule has 6 heteroatoms. The van der Waals surface area contributed by atoms with Crippen LogP contribution in [0.3, 0.4) is 0 Å². The highest BCUT2D eigenvalue weighted by Crippen LogP contribution is 2.24. The quantitative estimate of drug-likeness (QED) is 0.675. The Balaban J connectivity index is 1.57. The van der Waals surface area contributed by atoms with Crippen LogP contribution >= 0.6 is 0 Å². The van der Waals surface area contributed by atoms with E-state index in [0.29, 0.717) is 23.6 Å². The number of amides is 1. The molecule has 1 amide bonds. The Morgan fingerprint density at radius 3 is 2.64 bits per heavy atom. The second-order valence-electron chi connectivity index (χ2n) is 5.33. The minimum absolute atomic E-state index is 0.107. The molecule has 2 aromatic carbocycles. The molecule has 0 saturated heterocycles. The Morgan fingerprint density at radius 1 is 1.08 bits per heavy atom. The van der Waals surface area contributed by atoms with E-state index in [4.69, 9.17) is 9.47 Å². The first kappa shape index (κ1) is 16.6. The maximum absolute atomic E-state index is 12.0. The number of nitrogens with one attached hydrogen (secondary N) is 2. The predicted octanol–water partition coefficient (Wildman–Crippen LogP) is 3.36. The van der Waals surface area contributed by atoms with Gasteiger partial charge in [0.1, 0.15) is 5.75 Å². The predicted molar refractivity (Wildman–Crippen MR) is 94.8 cm³/mol. The number of aromatic amines is 1. The Hall–Kier alpha value is -3.28. The van der Waals surface area contributed by atoms with Crippen LogP contribution in [0, 0.1) is 0 Å². The van der Waals surface area contributed by atoms with Crippen LogP contribution in [0.2, 0.25) is 0 Å². The van der Waals surface area contributed by atoms with Gasteiger partial charge in [-0.05, 0) is 49.4 Å². The summed E-state index contributed by atoms with van der Waals surface area (Å²) in [7, 11) is 0. The third-order valence-corrected chi connectivity index (χ3v) is 3.59. The van der Waals surface area contributed by atoms with Crippen LogP contribution in [-0.2, 0) is 9.53 Å². The summed E-state index contributed by atoms with van der Waals surface area (Å²) < 4.78 is 10.5. The summed E-state index contributed by atoms with van der Waals surface area (Å²) in [5.74, 6) is -0.0220. The largest absolute Gasteiger partial charge is 0.483 e. The lowest BCUT2D eigenvalue weighted by atomic mass is 10.2. The highest BCUT2D eigenvalue weighted by atomic mass is 16.5. The van der Waals surface area contributed by atoms with Gasteiger partial charge in [0, 0.05) is 22.8 Å². The first-order valence-electron chi connectivity index (χ1n) is 7.93. The zero-order valence-corrected chi connectivity index (χ0v) is 13.7. The van der Waals surface area contributed by atoms with Crippen LogP contribution in [0.5, 0.6) is 5.75 Å². The number of fused-ring (bicyclic) bond motifs is 1. The van der Waals surface area contributed by atoms with Gasteiger partial charge in [-0.15, -0.1) is 0 Å². The Labute approximate surface area is 144 Å². The highest BCUT2D eigenvalue weighted by molar-refractivity contribution is 5.94. The molecule has 3 aromatic rings. The lowest BCUT2D eigenvalue weighted by Gasteiger charge is -2.09. The second kappa shape index (κ2) is 7.53. The van der Waals surface area contributed by atoms with Gasteiger partial charge in [-0.2, -0.15) is 0 Å². The van der Waals surface area contributed by atoms with E-state index in [1.54, 1.807) is 31.2 Å². The molecule has 0 atom stereocenters. The topological polar surface area (TPSA) is 80.4 Å². The van der Waals surface area contributed by atoms with Gasteiger partial charge in [0.05, 0.1) is 12.2 Å².